The summed E-state index contributed by atoms with van der Waals surface area (Å²) in [7, 11) is 1.64. The summed E-state index contributed by atoms with van der Waals surface area (Å²) in [4.78, 5) is 0. The van der Waals surface area contributed by atoms with Crippen LogP contribution in [0.4, 0.5) is 0 Å². The Morgan fingerprint density at radius 2 is 2.14 bits per heavy atom. The van der Waals surface area contributed by atoms with Crippen LogP contribution in [0.1, 0.15) is 25.0 Å². The summed E-state index contributed by atoms with van der Waals surface area (Å²) in [5.41, 5.74) is 1.82. The first kappa shape index (κ1) is 10.6. The second kappa shape index (κ2) is 4.66. The van der Waals surface area contributed by atoms with Crippen molar-refractivity contribution in [3.63, 3.8) is 0 Å². The molecule has 0 heterocycles. The smallest absolute Gasteiger partial charge is 0.119 e. The lowest BCUT2D eigenvalue weighted by atomic mass is 9.98. The molecule has 1 rings (SSSR count). The van der Waals surface area contributed by atoms with E-state index in [-0.39, 0.29) is 0 Å². The maximum atomic E-state index is 8.90. The first-order valence-corrected chi connectivity index (χ1v) is 4.74. The number of nitriles is 1. The van der Waals surface area contributed by atoms with Gasteiger partial charge in [0.15, 0.2) is 0 Å². The molecule has 1 aromatic carbocycles. The molecular formula is C12H15NO. The fraction of sp³-hybridized carbons (Fsp3) is 0.417. The largest absolute Gasteiger partial charge is 0.497 e. The second-order valence-electron chi connectivity index (χ2n) is 3.73. The van der Waals surface area contributed by atoms with Gasteiger partial charge < -0.3 is 4.74 Å². The molecule has 0 aliphatic carbocycles. The van der Waals surface area contributed by atoms with Crippen LogP contribution in [-0.4, -0.2) is 7.11 Å². The zero-order valence-electron chi connectivity index (χ0n) is 8.87. The van der Waals surface area contributed by atoms with E-state index in [1.165, 1.54) is 0 Å². The Kier molecular flexibility index (Phi) is 3.53. The average molecular weight is 189 g/mol. The van der Waals surface area contributed by atoms with E-state index >= 15 is 0 Å². The number of nitrogens with zero attached hydrogens (tertiary/aromatic N) is 1. The molecule has 0 atom stereocenters. The van der Waals surface area contributed by atoms with Crippen LogP contribution >= 0.6 is 0 Å². The van der Waals surface area contributed by atoms with E-state index in [0.29, 0.717) is 5.92 Å². The van der Waals surface area contributed by atoms with Crippen molar-refractivity contribution >= 4 is 0 Å². The molecule has 0 bridgehead atoms. The zero-order valence-corrected chi connectivity index (χ0v) is 8.87. The van der Waals surface area contributed by atoms with Crippen molar-refractivity contribution in [1.82, 2.24) is 0 Å². The van der Waals surface area contributed by atoms with Crippen LogP contribution in [0.25, 0.3) is 0 Å². The topological polar surface area (TPSA) is 33.0 Å². The molecule has 0 aliphatic heterocycles. The maximum Gasteiger partial charge on any atom is 0.119 e. The highest BCUT2D eigenvalue weighted by molar-refractivity contribution is 5.42. The molecule has 0 N–H and O–H groups in total. The third kappa shape index (κ3) is 2.50. The maximum absolute atomic E-state index is 8.90. The Morgan fingerprint density at radius 3 is 2.64 bits per heavy atom. The number of rotatable bonds is 3. The quantitative estimate of drug-likeness (QED) is 0.732. The fourth-order valence-corrected chi connectivity index (χ4v) is 1.41. The summed E-state index contributed by atoms with van der Waals surface area (Å²) in [6.07, 6.45) is 0.917. The van der Waals surface area contributed by atoms with Crippen molar-refractivity contribution in [2.75, 3.05) is 7.11 Å². The Labute approximate surface area is 85.1 Å². The molecule has 0 saturated heterocycles. The van der Waals surface area contributed by atoms with E-state index in [1.807, 2.05) is 18.2 Å². The van der Waals surface area contributed by atoms with Crippen LogP contribution in [-0.2, 0) is 6.42 Å². The first-order valence-electron chi connectivity index (χ1n) is 4.74. The zero-order chi connectivity index (χ0) is 10.6. The summed E-state index contributed by atoms with van der Waals surface area (Å²) in [6.45, 7) is 4.28. The molecule has 14 heavy (non-hydrogen) atoms. The number of hydrogen-bond acceptors (Lipinski definition) is 2. The molecule has 0 radical (unpaired) electrons. The van der Waals surface area contributed by atoms with Crippen LogP contribution in [0.15, 0.2) is 18.2 Å². The average Bonchev–Trinajstić information content (AvgIpc) is 2.16. The van der Waals surface area contributed by atoms with Gasteiger partial charge in [-0.2, -0.15) is 5.26 Å². The van der Waals surface area contributed by atoms with Gasteiger partial charge >= 0.3 is 0 Å². The van der Waals surface area contributed by atoms with E-state index in [2.05, 4.69) is 19.9 Å². The highest BCUT2D eigenvalue weighted by atomic mass is 16.5. The number of hydrogen-bond donors (Lipinski definition) is 0. The van der Waals surface area contributed by atoms with E-state index in [9.17, 15) is 0 Å². The summed E-state index contributed by atoms with van der Waals surface area (Å²) in [5, 5.41) is 8.90. The van der Waals surface area contributed by atoms with Crippen molar-refractivity contribution < 1.29 is 4.74 Å². The summed E-state index contributed by atoms with van der Waals surface area (Å²) in [5.74, 6) is 1.37. The SMILES string of the molecule is COc1ccc(C#N)c(CC(C)C)c1. The van der Waals surface area contributed by atoms with Gasteiger partial charge in [-0.3, -0.25) is 0 Å². The van der Waals surface area contributed by atoms with Crippen LogP contribution in [0, 0.1) is 17.2 Å². The van der Waals surface area contributed by atoms with Crippen molar-refractivity contribution in [2.45, 2.75) is 20.3 Å². The van der Waals surface area contributed by atoms with E-state index in [1.54, 1.807) is 7.11 Å². The number of methoxy groups -OCH3 is 1. The summed E-state index contributed by atoms with van der Waals surface area (Å²) in [6, 6.07) is 7.78. The fourth-order valence-electron chi connectivity index (χ4n) is 1.41. The number of benzene rings is 1. The molecule has 1 aromatic rings. The van der Waals surface area contributed by atoms with Gasteiger partial charge in [-0.25, -0.2) is 0 Å². The van der Waals surface area contributed by atoms with Crippen molar-refractivity contribution in [1.29, 1.82) is 5.26 Å². The van der Waals surface area contributed by atoms with Gasteiger partial charge in [0, 0.05) is 0 Å². The Morgan fingerprint density at radius 1 is 1.43 bits per heavy atom. The van der Waals surface area contributed by atoms with Crippen LogP contribution in [0.3, 0.4) is 0 Å². The third-order valence-corrected chi connectivity index (χ3v) is 2.06. The molecule has 2 nitrogen and oxygen atoms in total. The molecule has 0 aromatic heterocycles. The highest BCUT2D eigenvalue weighted by Gasteiger charge is 2.05. The van der Waals surface area contributed by atoms with Gasteiger partial charge in [0.2, 0.25) is 0 Å². The predicted octanol–water partition coefficient (Wildman–Crippen LogP) is 2.77. The van der Waals surface area contributed by atoms with Gasteiger partial charge in [0.1, 0.15) is 5.75 Å². The second-order valence-corrected chi connectivity index (χ2v) is 3.73. The lowest BCUT2D eigenvalue weighted by Gasteiger charge is -2.08. The van der Waals surface area contributed by atoms with E-state index in [0.717, 1.165) is 23.3 Å². The molecule has 2 heteroatoms. The molecule has 0 amide bonds. The molecule has 0 aliphatic rings. The summed E-state index contributed by atoms with van der Waals surface area (Å²) < 4.78 is 5.13. The highest BCUT2D eigenvalue weighted by Crippen LogP contribution is 2.19. The van der Waals surface area contributed by atoms with Crippen LogP contribution in [0.5, 0.6) is 5.75 Å². The van der Waals surface area contributed by atoms with Crippen LogP contribution in [0.2, 0.25) is 0 Å². The lowest BCUT2D eigenvalue weighted by molar-refractivity contribution is 0.414. The standard InChI is InChI=1S/C12H15NO/c1-9(2)6-11-7-12(14-3)5-4-10(11)8-13/h4-5,7,9H,6H2,1-3H3. The Balaban J connectivity index is 3.03. The van der Waals surface area contributed by atoms with Gasteiger partial charge in [0.05, 0.1) is 18.7 Å². The van der Waals surface area contributed by atoms with Crippen molar-refractivity contribution in [3.8, 4) is 11.8 Å². The predicted molar refractivity (Wildman–Crippen MR) is 56.3 cm³/mol. The number of ether oxygens (including phenoxy) is 1. The minimum absolute atomic E-state index is 0.550. The van der Waals surface area contributed by atoms with Crippen molar-refractivity contribution in [3.05, 3.63) is 29.3 Å². The van der Waals surface area contributed by atoms with E-state index < -0.39 is 0 Å². The van der Waals surface area contributed by atoms with Gasteiger partial charge in [-0.15, -0.1) is 0 Å². The third-order valence-electron chi connectivity index (χ3n) is 2.06. The Hall–Kier alpha value is -1.49. The molecule has 0 spiro atoms. The monoisotopic (exact) mass is 189 g/mol. The van der Waals surface area contributed by atoms with E-state index in [4.69, 9.17) is 10.00 Å². The molecule has 0 fully saturated rings. The van der Waals surface area contributed by atoms with Crippen LogP contribution < -0.4 is 4.74 Å². The summed E-state index contributed by atoms with van der Waals surface area (Å²) >= 11 is 0. The Bertz CT molecular complexity index is 350. The lowest BCUT2D eigenvalue weighted by Crippen LogP contribution is -1.98. The van der Waals surface area contributed by atoms with Gasteiger partial charge in [-0.1, -0.05) is 13.8 Å². The first-order chi connectivity index (χ1) is 6.67. The molecule has 74 valence electrons. The normalized spacial score (nSPS) is 9.93. The molecule has 0 saturated carbocycles. The molecule has 0 unspecified atom stereocenters. The van der Waals surface area contributed by atoms with Gasteiger partial charge in [-0.05, 0) is 36.1 Å². The minimum atomic E-state index is 0.550. The minimum Gasteiger partial charge on any atom is -0.497 e. The van der Waals surface area contributed by atoms with Gasteiger partial charge in [0.25, 0.3) is 0 Å². The van der Waals surface area contributed by atoms with Crippen molar-refractivity contribution in [2.24, 2.45) is 5.92 Å². The molecular weight excluding hydrogens is 174 g/mol.